The third kappa shape index (κ3) is 4.10. The zero-order valence-electron chi connectivity index (χ0n) is 15.1. The maximum absolute atomic E-state index is 13.1. The van der Waals surface area contributed by atoms with Crippen LogP contribution in [0.3, 0.4) is 0 Å². The van der Waals surface area contributed by atoms with Gasteiger partial charge >= 0.3 is 5.97 Å². The highest BCUT2D eigenvalue weighted by molar-refractivity contribution is 5.91. The summed E-state index contributed by atoms with van der Waals surface area (Å²) in [6.45, 7) is 0.0230. The van der Waals surface area contributed by atoms with Crippen molar-refractivity contribution < 1.29 is 23.8 Å². The number of hydrogen-bond acceptors (Lipinski definition) is 3. The number of carboxylic acid groups (broad SMARTS) is 1. The van der Waals surface area contributed by atoms with Crippen molar-refractivity contribution in [2.75, 3.05) is 13.7 Å². The van der Waals surface area contributed by atoms with Gasteiger partial charge in [-0.15, -0.1) is 0 Å². The van der Waals surface area contributed by atoms with Crippen LogP contribution >= 0.6 is 0 Å². The van der Waals surface area contributed by atoms with Crippen molar-refractivity contribution >= 4 is 11.9 Å². The minimum atomic E-state index is -0.979. The number of amides is 1. The number of halogens is 1. The van der Waals surface area contributed by atoms with Crippen molar-refractivity contribution in [3.8, 4) is 5.75 Å². The standard InChI is InChI=1S/C21H22FNO4/c1-27-18-5-3-2-4-14(18)12-15(19(24)25)13-23-20(26)21(10-11-21)16-6-8-17(22)9-7-16/h2-9,15H,10-13H2,1H3,(H,23,26)(H,24,25). The lowest BCUT2D eigenvalue weighted by atomic mass is 9.94. The lowest BCUT2D eigenvalue weighted by molar-refractivity contribution is -0.141. The molecule has 1 unspecified atom stereocenters. The summed E-state index contributed by atoms with van der Waals surface area (Å²) in [7, 11) is 1.54. The molecule has 2 aromatic carbocycles. The molecular formula is C21H22FNO4. The molecule has 1 fully saturated rings. The fourth-order valence-corrected chi connectivity index (χ4v) is 3.31. The Balaban J connectivity index is 1.67. The molecular weight excluding hydrogens is 349 g/mol. The molecule has 3 rings (SSSR count). The number of ether oxygens (including phenoxy) is 1. The number of benzene rings is 2. The van der Waals surface area contributed by atoms with Crippen molar-refractivity contribution in [2.45, 2.75) is 24.7 Å². The molecule has 0 saturated heterocycles. The smallest absolute Gasteiger partial charge is 0.308 e. The van der Waals surface area contributed by atoms with Crippen LogP contribution in [0.5, 0.6) is 5.75 Å². The molecule has 0 heterocycles. The van der Waals surface area contributed by atoms with Crippen molar-refractivity contribution in [3.63, 3.8) is 0 Å². The molecule has 1 atom stereocenters. The number of rotatable bonds is 8. The van der Waals surface area contributed by atoms with E-state index in [1.54, 1.807) is 18.2 Å². The minimum absolute atomic E-state index is 0.0230. The number of carbonyl (C=O) groups is 2. The van der Waals surface area contributed by atoms with Gasteiger partial charge in [-0.3, -0.25) is 9.59 Å². The number of carbonyl (C=O) groups excluding carboxylic acids is 1. The van der Waals surface area contributed by atoms with Crippen LogP contribution in [0.4, 0.5) is 4.39 Å². The number of hydrogen-bond donors (Lipinski definition) is 2. The quantitative estimate of drug-likeness (QED) is 0.748. The summed E-state index contributed by atoms with van der Waals surface area (Å²) in [4.78, 5) is 24.3. The van der Waals surface area contributed by atoms with Gasteiger partial charge in [0.05, 0.1) is 18.4 Å². The molecule has 1 aliphatic carbocycles. The molecule has 0 spiro atoms. The van der Waals surface area contributed by atoms with E-state index in [9.17, 15) is 19.1 Å². The van der Waals surface area contributed by atoms with Crippen LogP contribution in [0.1, 0.15) is 24.0 Å². The number of para-hydroxylation sites is 1. The summed E-state index contributed by atoms with van der Waals surface area (Å²) in [6, 6.07) is 13.1. The van der Waals surface area contributed by atoms with E-state index in [0.717, 1.165) is 11.1 Å². The SMILES string of the molecule is COc1ccccc1CC(CNC(=O)C1(c2ccc(F)cc2)CC1)C(=O)O. The number of nitrogens with one attached hydrogen (secondary N) is 1. The maximum atomic E-state index is 13.1. The van der Waals surface area contributed by atoms with Gasteiger partial charge in [-0.2, -0.15) is 0 Å². The van der Waals surface area contributed by atoms with Gasteiger partial charge in [0.25, 0.3) is 0 Å². The van der Waals surface area contributed by atoms with Gasteiger partial charge in [0.2, 0.25) is 5.91 Å². The zero-order chi connectivity index (χ0) is 19.4. The molecule has 142 valence electrons. The first-order valence-electron chi connectivity index (χ1n) is 8.85. The van der Waals surface area contributed by atoms with Gasteiger partial charge in [0.1, 0.15) is 11.6 Å². The van der Waals surface area contributed by atoms with Crippen LogP contribution in [0.2, 0.25) is 0 Å². The Kier molecular flexibility index (Phi) is 5.44. The lowest BCUT2D eigenvalue weighted by Gasteiger charge is -2.19. The molecule has 27 heavy (non-hydrogen) atoms. The highest BCUT2D eigenvalue weighted by Gasteiger charge is 2.51. The van der Waals surface area contributed by atoms with E-state index in [1.165, 1.54) is 19.2 Å². The second-order valence-electron chi connectivity index (χ2n) is 6.85. The van der Waals surface area contributed by atoms with E-state index >= 15 is 0 Å². The summed E-state index contributed by atoms with van der Waals surface area (Å²) in [5.41, 5.74) is 0.876. The normalized spacial score (nSPS) is 15.6. The van der Waals surface area contributed by atoms with Gasteiger partial charge in [-0.05, 0) is 48.6 Å². The molecule has 0 aromatic heterocycles. The van der Waals surface area contributed by atoms with Crippen molar-refractivity contribution in [1.29, 1.82) is 0 Å². The Labute approximate surface area is 157 Å². The Morgan fingerprint density at radius 2 is 1.85 bits per heavy atom. The predicted octanol–water partition coefficient (Wildman–Crippen LogP) is 2.93. The van der Waals surface area contributed by atoms with Gasteiger partial charge in [-0.25, -0.2) is 4.39 Å². The second-order valence-corrected chi connectivity index (χ2v) is 6.85. The Hall–Kier alpha value is -2.89. The fraction of sp³-hybridized carbons (Fsp3) is 0.333. The van der Waals surface area contributed by atoms with Gasteiger partial charge in [0, 0.05) is 6.54 Å². The fourth-order valence-electron chi connectivity index (χ4n) is 3.31. The van der Waals surface area contributed by atoms with Crippen molar-refractivity contribution in [2.24, 2.45) is 5.92 Å². The summed E-state index contributed by atoms with van der Waals surface area (Å²) >= 11 is 0. The van der Waals surface area contributed by atoms with Crippen LogP contribution in [0.15, 0.2) is 48.5 Å². The average Bonchev–Trinajstić information content (AvgIpc) is 3.47. The molecule has 6 heteroatoms. The van der Waals surface area contributed by atoms with E-state index < -0.39 is 17.3 Å². The van der Waals surface area contributed by atoms with E-state index in [1.807, 2.05) is 18.2 Å². The highest BCUT2D eigenvalue weighted by atomic mass is 19.1. The van der Waals surface area contributed by atoms with Crippen LogP contribution in [0, 0.1) is 11.7 Å². The first kappa shape index (κ1) is 18.9. The van der Waals surface area contributed by atoms with Gasteiger partial charge in [0.15, 0.2) is 0 Å². The monoisotopic (exact) mass is 371 g/mol. The molecule has 1 saturated carbocycles. The van der Waals surface area contributed by atoms with Crippen molar-refractivity contribution in [1.82, 2.24) is 5.32 Å². The Morgan fingerprint density at radius 3 is 2.44 bits per heavy atom. The minimum Gasteiger partial charge on any atom is -0.496 e. The summed E-state index contributed by atoms with van der Waals surface area (Å²) in [6.07, 6.45) is 1.60. The molecule has 1 amide bonds. The Bertz CT molecular complexity index is 830. The van der Waals surface area contributed by atoms with Crippen LogP contribution in [0.25, 0.3) is 0 Å². The zero-order valence-corrected chi connectivity index (χ0v) is 15.1. The van der Waals surface area contributed by atoms with E-state index in [4.69, 9.17) is 4.74 Å². The van der Waals surface area contributed by atoms with Crippen molar-refractivity contribution in [3.05, 3.63) is 65.5 Å². The lowest BCUT2D eigenvalue weighted by Crippen LogP contribution is -2.40. The largest absolute Gasteiger partial charge is 0.496 e. The third-order valence-electron chi connectivity index (χ3n) is 5.10. The topological polar surface area (TPSA) is 75.6 Å². The van der Waals surface area contributed by atoms with E-state index in [0.29, 0.717) is 18.6 Å². The highest BCUT2D eigenvalue weighted by Crippen LogP contribution is 2.48. The second kappa shape index (κ2) is 7.78. The van der Waals surface area contributed by atoms with Crippen LogP contribution < -0.4 is 10.1 Å². The molecule has 0 bridgehead atoms. The van der Waals surface area contributed by atoms with Crippen LogP contribution in [-0.2, 0) is 21.4 Å². The van der Waals surface area contributed by atoms with E-state index in [-0.39, 0.29) is 24.7 Å². The summed E-state index contributed by atoms with van der Waals surface area (Å²) < 4.78 is 18.4. The Morgan fingerprint density at radius 1 is 1.19 bits per heavy atom. The number of carboxylic acids is 1. The predicted molar refractivity (Wildman–Crippen MR) is 98.1 cm³/mol. The third-order valence-corrected chi connectivity index (χ3v) is 5.10. The maximum Gasteiger partial charge on any atom is 0.308 e. The number of methoxy groups -OCH3 is 1. The van der Waals surface area contributed by atoms with Gasteiger partial charge < -0.3 is 15.2 Å². The molecule has 0 radical (unpaired) electrons. The molecule has 5 nitrogen and oxygen atoms in total. The first-order valence-corrected chi connectivity index (χ1v) is 8.85. The molecule has 2 aromatic rings. The van der Waals surface area contributed by atoms with Crippen LogP contribution in [-0.4, -0.2) is 30.6 Å². The summed E-state index contributed by atoms with van der Waals surface area (Å²) in [5.74, 6) is -1.68. The van der Waals surface area contributed by atoms with E-state index in [2.05, 4.69) is 5.32 Å². The molecule has 2 N–H and O–H groups in total. The summed E-state index contributed by atoms with van der Waals surface area (Å²) in [5, 5.41) is 12.3. The molecule has 0 aliphatic heterocycles. The average molecular weight is 371 g/mol. The molecule has 1 aliphatic rings. The van der Waals surface area contributed by atoms with Gasteiger partial charge in [-0.1, -0.05) is 30.3 Å². The first-order chi connectivity index (χ1) is 13.0. The number of aliphatic carboxylic acids is 1.